The number of nitrogens with zero attached hydrogens (tertiary/aromatic N) is 4. The van der Waals surface area contributed by atoms with Crippen LogP contribution in [0.15, 0.2) is 36.7 Å². The van der Waals surface area contributed by atoms with Crippen LogP contribution < -0.4 is 10.6 Å². The van der Waals surface area contributed by atoms with Gasteiger partial charge in [0.15, 0.2) is 0 Å². The number of hydrogen-bond acceptors (Lipinski definition) is 5. The number of hydrogen-bond donors (Lipinski definition) is 2. The van der Waals surface area contributed by atoms with Gasteiger partial charge in [-0.3, -0.25) is 14.5 Å². The Hall–Kier alpha value is -2.91. The number of imide groups is 1. The van der Waals surface area contributed by atoms with Gasteiger partial charge in [-0.15, -0.1) is 12.4 Å². The van der Waals surface area contributed by atoms with E-state index in [0.717, 1.165) is 17.9 Å². The van der Waals surface area contributed by atoms with Crippen LogP contribution in [0.4, 0.5) is 4.79 Å². The molecular weight excluding hydrogens is 396 g/mol. The first-order valence-corrected chi connectivity index (χ1v) is 9.20. The van der Waals surface area contributed by atoms with Gasteiger partial charge in [-0.05, 0) is 17.7 Å². The average Bonchev–Trinajstić information content (AvgIpc) is 3.28. The summed E-state index contributed by atoms with van der Waals surface area (Å²) in [5, 5.41) is 5.82. The molecule has 2 N–H and O–H groups in total. The molecule has 0 aliphatic carbocycles. The molecule has 4 amide bonds. The molecule has 2 saturated heterocycles. The molecule has 0 bridgehead atoms. The lowest BCUT2D eigenvalue weighted by Crippen LogP contribution is -2.49. The molecule has 1 aromatic carbocycles. The SMILES string of the molecule is Cl.Cn1ccnc1C1CNCCN1C(=O)c1ccc(CN2C(=O)CNC2=O)cc1. The van der Waals surface area contributed by atoms with Gasteiger partial charge in [-0.1, -0.05) is 12.1 Å². The summed E-state index contributed by atoms with van der Waals surface area (Å²) in [4.78, 5) is 43.9. The van der Waals surface area contributed by atoms with Crippen molar-refractivity contribution in [3.8, 4) is 0 Å². The molecule has 4 rings (SSSR count). The average molecular weight is 419 g/mol. The fourth-order valence-electron chi connectivity index (χ4n) is 3.59. The highest BCUT2D eigenvalue weighted by atomic mass is 35.5. The Kier molecular flexibility index (Phi) is 6.19. The predicted octanol–water partition coefficient (Wildman–Crippen LogP) is 0.680. The van der Waals surface area contributed by atoms with E-state index in [1.54, 1.807) is 30.5 Å². The summed E-state index contributed by atoms with van der Waals surface area (Å²) in [6.45, 7) is 2.22. The third-order valence-corrected chi connectivity index (χ3v) is 5.14. The Morgan fingerprint density at radius 3 is 2.62 bits per heavy atom. The first-order valence-electron chi connectivity index (χ1n) is 9.20. The quantitative estimate of drug-likeness (QED) is 0.711. The standard InChI is InChI=1S/C19H22N6O3.ClH/c1-23-8-7-21-17(23)15-10-20-6-9-24(15)18(27)14-4-2-13(3-5-14)12-25-16(26)11-22-19(25)28;/h2-5,7-8,15,20H,6,9-12H2,1H3,(H,22,28);1H. The van der Waals surface area contributed by atoms with Gasteiger partial charge in [0.1, 0.15) is 11.9 Å². The van der Waals surface area contributed by atoms with Crippen LogP contribution in [0.3, 0.4) is 0 Å². The third-order valence-electron chi connectivity index (χ3n) is 5.14. The molecule has 2 aliphatic rings. The molecule has 2 aromatic rings. The van der Waals surface area contributed by atoms with Gasteiger partial charge in [-0.2, -0.15) is 0 Å². The molecule has 10 heteroatoms. The normalized spacial score (nSPS) is 19.1. The van der Waals surface area contributed by atoms with Crippen LogP contribution in [-0.2, 0) is 18.4 Å². The summed E-state index contributed by atoms with van der Waals surface area (Å²) in [5.41, 5.74) is 1.37. The number of carbonyl (C=O) groups is 3. The minimum Gasteiger partial charge on any atom is -0.336 e. The number of rotatable bonds is 4. The van der Waals surface area contributed by atoms with E-state index in [2.05, 4.69) is 15.6 Å². The zero-order valence-corrected chi connectivity index (χ0v) is 16.8. The van der Waals surface area contributed by atoms with Gasteiger partial charge < -0.3 is 20.1 Å². The van der Waals surface area contributed by atoms with E-state index in [0.29, 0.717) is 18.7 Å². The van der Waals surface area contributed by atoms with Gasteiger partial charge in [0, 0.05) is 44.6 Å². The van der Waals surface area contributed by atoms with Crippen LogP contribution in [0.25, 0.3) is 0 Å². The summed E-state index contributed by atoms with van der Waals surface area (Å²) >= 11 is 0. The van der Waals surface area contributed by atoms with Crippen molar-refractivity contribution in [2.75, 3.05) is 26.2 Å². The molecule has 1 unspecified atom stereocenters. The molecule has 3 heterocycles. The fourth-order valence-corrected chi connectivity index (χ4v) is 3.59. The smallest absolute Gasteiger partial charge is 0.324 e. The number of piperazine rings is 1. The molecule has 0 spiro atoms. The van der Waals surface area contributed by atoms with Crippen LogP contribution in [-0.4, -0.2) is 63.4 Å². The minimum atomic E-state index is -0.385. The molecule has 154 valence electrons. The van der Waals surface area contributed by atoms with Crippen LogP contribution in [0.2, 0.25) is 0 Å². The molecule has 1 atom stereocenters. The molecule has 1 aromatic heterocycles. The monoisotopic (exact) mass is 418 g/mol. The van der Waals surface area contributed by atoms with E-state index in [9.17, 15) is 14.4 Å². The molecule has 29 heavy (non-hydrogen) atoms. The van der Waals surface area contributed by atoms with Crippen LogP contribution in [0.5, 0.6) is 0 Å². The van der Waals surface area contributed by atoms with E-state index < -0.39 is 0 Å². The van der Waals surface area contributed by atoms with Gasteiger partial charge in [0.25, 0.3) is 5.91 Å². The van der Waals surface area contributed by atoms with Crippen molar-refractivity contribution in [3.05, 3.63) is 53.6 Å². The molecule has 0 radical (unpaired) electrons. The lowest BCUT2D eigenvalue weighted by Gasteiger charge is -2.35. The van der Waals surface area contributed by atoms with Crippen molar-refractivity contribution in [2.24, 2.45) is 7.05 Å². The van der Waals surface area contributed by atoms with Crippen LogP contribution in [0.1, 0.15) is 27.8 Å². The zero-order valence-electron chi connectivity index (χ0n) is 16.0. The topological polar surface area (TPSA) is 99.6 Å². The molecule has 0 saturated carbocycles. The Bertz CT molecular complexity index is 897. The first-order chi connectivity index (χ1) is 13.5. The van der Waals surface area contributed by atoms with Crippen LogP contribution in [0, 0.1) is 0 Å². The highest BCUT2D eigenvalue weighted by Crippen LogP contribution is 2.23. The van der Waals surface area contributed by atoms with Crippen molar-refractivity contribution in [1.29, 1.82) is 0 Å². The highest BCUT2D eigenvalue weighted by molar-refractivity contribution is 6.01. The van der Waals surface area contributed by atoms with E-state index in [4.69, 9.17) is 0 Å². The van der Waals surface area contributed by atoms with E-state index in [-0.39, 0.29) is 49.4 Å². The number of aryl methyl sites for hydroxylation is 1. The minimum absolute atomic E-state index is 0. The maximum absolute atomic E-state index is 13.1. The van der Waals surface area contributed by atoms with Gasteiger partial charge >= 0.3 is 6.03 Å². The van der Waals surface area contributed by atoms with Crippen LogP contribution >= 0.6 is 12.4 Å². The fraction of sp³-hybridized carbons (Fsp3) is 0.368. The Labute approximate surface area is 174 Å². The maximum Gasteiger partial charge on any atom is 0.324 e. The van der Waals surface area contributed by atoms with Crippen molar-refractivity contribution in [1.82, 2.24) is 30.0 Å². The largest absolute Gasteiger partial charge is 0.336 e. The Morgan fingerprint density at radius 2 is 2.00 bits per heavy atom. The summed E-state index contributed by atoms with van der Waals surface area (Å²) in [6.07, 6.45) is 3.61. The van der Waals surface area contributed by atoms with E-state index in [1.165, 1.54) is 4.90 Å². The second-order valence-electron chi connectivity index (χ2n) is 6.95. The second-order valence-corrected chi connectivity index (χ2v) is 6.95. The number of imidazole rings is 1. The predicted molar refractivity (Wildman–Crippen MR) is 107 cm³/mol. The summed E-state index contributed by atoms with van der Waals surface area (Å²) < 4.78 is 1.93. The number of carbonyl (C=O) groups excluding carboxylic acids is 3. The summed E-state index contributed by atoms with van der Waals surface area (Å²) in [5.74, 6) is 0.538. The number of aromatic nitrogens is 2. The summed E-state index contributed by atoms with van der Waals surface area (Å²) in [6, 6.07) is 6.53. The van der Waals surface area contributed by atoms with Crippen molar-refractivity contribution < 1.29 is 14.4 Å². The number of halogens is 1. The Morgan fingerprint density at radius 1 is 1.24 bits per heavy atom. The van der Waals surface area contributed by atoms with Crippen molar-refractivity contribution in [3.63, 3.8) is 0 Å². The number of benzene rings is 1. The van der Waals surface area contributed by atoms with E-state index in [1.807, 2.05) is 22.7 Å². The Balaban J connectivity index is 0.00000240. The third kappa shape index (κ3) is 4.10. The highest BCUT2D eigenvalue weighted by Gasteiger charge is 2.31. The van der Waals surface area contributed by atoms with E-state index >= 15 is 0 Å². The molecule has 9 nitrogen and oxygen atoms in total. The second kappa shape index (κ2) is 8.62. The van der Waals surface area contributed by atoms with Gasteiger partial charge in [-0.25, -0.2) is 9.78 Å². The van der Waals surface area contributed by atoms with Gasteiger partial charge in [0.2, 0.25) is 5.91 Å². The molecule has 2 fully saturated rings. The number of amides is 4. The summed E-state index contributed by atoms with van der Waals surface area (Å²) in [7, 11) is 1.92. The van der Waals surface area contributed by atoms with Gasteiger partial charge in [0.05, 0.1) is 13.1 Å². The number of nitrogens with one attached hydrogen (secondary N) is 2. The maximum atomic E-state index is 13.1. The van der Waals surface area contributed by atoms with Crippen molar-refractivity contribution in [2.45, 2.75) is 12.6 Å². The first kappa shape index (κ1) is 20.8. The number of urea groups is 1. The molecule has 2 aliphatic heterocycles. The van der Waals surface area contributed by atoms with Crippen molar-refractivity contribution >= 4 is 30.3 Å². The lowest BCUT2D eigenvalue weighted by atomic mass is 10.1. The zero-order chi connectivity index (χ0) is 19.7. The molecular formula is C19H23ClN6O3. The lowest BCUT2D eigenvalue weighted by molar-refractivity contribution is -0.125.